The Balaban J connectivity index is 1.93. The van der Waals surface area contributed by atoms with Crippen molar-refractivity contribution in [3.05, 3.63) is 48.8 Å². The molecular formula is C16H21N3O. The van der Waals surface area contributed by atoms with Crippen molar-refractivity contribution in [3.63, 3.8) is 0 Å². The van der Waals surface area contributed by atoms with Crippen molar-refractivity contribution in [2.45, 2.75) is 44.2 Å². The van der Waals surface area contributed by atoms with Gasteiger partial charge < -0.3 is 9.67 Å². The Bertz CT molecular complexity index is 520. The molecule has 1 N–H and O–H groups in total. The van der Waals surface area contributed by atoms with Crippen LogP contribution < -0.4 is 0 Å². The zero-order valence-corrected chi connectivity index (χ0v) is 11.7. The highest BCUT2D eigenvalue weighted by Crippen LogP contribution is 2.40. The molecule has 0 bridgehead atoms. The Morgan fingerprint density at radius 1 is 1.20 bits per heavy atom. The fraction of sp³-hybridized carbons (Fsp3) is 0.500. The highest BCUT2D eigenvalue weighted by Gasteiger charge is 2.39. The molecule has 2 heterocycles. The maximum Gasteiger partial charge on any atom is 0.112 e. The molecule has 1 atom stereocenters. The van der Waals surface area contributed by atoms with Crippen LogP contribution in [0.1, 0.15) is 37.7 Å². The fourth-order valence-electron chi connectivity index (χ4n) is 3.31. The summed E-state index contributed by atoms with van der Waals surface area (Å²) >= 11 is 0. The van der Waals surface area contributed by atoms with Crippen molar-refractivity contribution in [2.75, 3.05) is 0 Å². The number of rotatable bonds is 4. The SMILES string of the molecule is O[C@@](Cn1ccnc1)(c1cccnc1)C1CCCCC1. The van der Waals surface area contributed by atoms with Crippen LogP contribution in [0.25, 0.3) is 0 Å². The van der Waals surface area contributed by atoms with E-state index in [1.807, 2.05) is 22.9 Å². The molecule has 0 amide bonds. The summed E-state index contributed by atoms with van der Waals surface area (Å²) in [4.78, 5) is 8.27. The first kappa shape index (κ1) is 13.3. The Morgan fingerprint density at radius 3 is 2.70 bits per heavy atom. The fourth-order valence-corrected chi connectivity index (χ4v) is 3.31. The van der Waals surface area contributed by atoms with E-state index >= 15 is 0 Å². The van der Waals surface area contributed by atoms with E-state index in [1.165, 1.54) is 19.3 Å². The average molecular weight is 271 g/mol. The number of pyridine rings is 1. The van der Waals surface area contributed by atoms with Crippen LogP contribution in [0.2, 0.25) is 0 Å². The quantitative estimate of drug-likeness (QED) is 0.930. The van der Waals surface area contributed by atoms with E-state index in [0.717, 1.165) is 18.4 Å². The minimum Gasteiger partial charge on any atom is -0.383 e. The highest BCUT2D eigenvalue weighted by atomic mass is 16.3. The van der Waals surface area contributed by atoms with Crippen LogP contribution in [0.4, 0.5) is 0 Å². The summed E-state index contributed by atoms with van der Waals surface area (Å²) in [6.45, 7) is 0.545. The molecule has 1 aliphatic rings. The van der Waals surface area contributed by atoms with Gasteiger partial charge in [-0.15, -0.1) is 0 Å². The molecule has 3 rings (SSSR count). The number of imidazole rings is 1. The Labute approximate surface area is 119 Å². The van der Waals surface area contributed by atoms with Gasteiger partial charge in [0, 0.05) is 30.4 Å². The summed E-state index contributed by atoms with van der Waals surface area (Å²) in [5.41, 5.74) is 0.0654. The van der Waals surface area contributed by atoms with Gasteiger partial charge in [0.15, 0.2) is 0 Å². The number of hydrogen-bond acceptors (Lipinski definition) is 3. The number of aliphatic hydroxyl groups is 1. The molecule has 4 heteroatoms. The second kappa shape index (κ2) is 5.75. The minimum atomic E-state index is -0.852. The van der Waals surface area contributed by atoms with Crippen molar-refractivity contribution >= 4 is 0 Å². The van der Waals surface area contributed by atoms with E-state index in [1.54, 1.807) is 24.9 Å². The Morgan fingerprint density at radius 2 is 2.05 bits per heavy atom. The number of aromatic nitrogens is 3. The maximum absolute atomic E-state index is 11.4. The van der Waals surface area contributed by atoms with Gasteiger partial charge in [-0.1, -0.05) is 25.3 Å². The first-order chi connectivity index (χ1) is 9.79. The number of nitrogens with zero attached hydrogens (tertiary/aromatic N) is 3. The molecule has 2 aromatic rings. The molecule has 4 nitrogen and oxygen atoms in total. The second-order valence-electron chi connectivity index (χ2n) is 5.74. The van der Waals surface area contributed by atoms with Crippen LogP contribution in [0.5, 0.6) is 0 Å². The maximum atomic E-state index is 11.4. The predicted octanol–water partition coefficient (Wildman–Crippen LogP) is 2.75. The molecular weight excluding hydrogens is 250 g/mol. The van der Waals surface area contributed by atoms with Gasteiger partial charge in [-0.3, -0.25) is 4.98 Å². The Hall–Kier alpha value is -1.68. The summed E-state index contributed by atoms with van der Waals surface area (Å²) in [5.74, 6) is 0.294. The molecule has 106 valence electrons. The summed E-state index contributed by atoms with van der Waals surface area (Å²) in [7, 11) is 0. The lowest BCUT2D eigenvalue weighted by atomic mass is 9.73. The minimum absolute atomic E-state index is 0.294. The lowest BCUT2D eigenvalue weighted by Gasteiger charge is -2.39. The predicted molar refractivity (Wildman–Crippen MR) is 76.9 cm³/mol. The van der Waals surface area contributed by atoms with Crippen LogP contribution in [0.3, 0.4) is 0 Å². The standard InChI is InChI=1S/C16H21N3O/c20-16(12-19-10-9-18-13-19,14-5-2-1-3-6-14)15-7-4-8-17-11-15/h4,7-11,13-14,20H,1-3,5-6,12H2/t16-/m1/s1. The number of hydrogen-bond donors (Lipinski definition) is 1. The van der Waals surface area contributed by atoms with Crippen molar-refractivity contribution in [1.82, 2.24) is 14.5 Å². The van der Waals surface area contributed by atoms with E-state index in [0.29, 0.717) is 12.5 Å². The van der Waals surface area contributed by atoms with Crippen molar-refractivity contribution in [3.8, 4) is 0 Å². The highest BCUT2D eigenvalue weighted by molar-refractivity contribution is 5.19. The monoisotopic (exact) mass is 271 g/mol. The Kier molecular flexibility index (Phi) is 3.83. The average Bonchev–Trinajstić information content (AvgIpc) is 3.02. The molecule has 0 aliphatic heterocycles. The molecule has 0 unspecified atom stereocenters. The van der Waals surface area contributed by atoms with Crippen LogP contribution in [-0.4, -0.2) is 19.6 Å². The third kappa shape index (κ3) is 2.61. The van der Waals surface area contributed by atoms with Gasteiger partial charge in [-0.2, -0.15) is 0 Å². The van der Waals surface area contributed by atoms with Gasteiger partial charge in [0.2, 0.25) is 0 Å². The summed E-state index contributed by atoms with van der Waals surface area (Å²) in [6, 6.07) is 3.88. The topological polar surface area (TPSA) is 50.9 Å². The largest absolute Gasteiger partial charge is 0.383 e. The first-order valence-electron chi connectivity index (χ1n) is 7.38. The van der Waals surface area contributed by atoms with Crippen LogP contribution >= 0.6 is 0 Å². The zero-order valence-electron chi connectivity index (χ0n) is 11.7. The summed E-state index contributed by atoms with van der Waals surface area (Å²) < 4.78 is 1.96. The van der Waals surface area contributed by atoms with Gasteiger partial charge >= 0.3 is 0 Å². The van der Waals surface area contributed by atoms with E-state index in [4.69, 9.17) is 0 Å². The molecule has 1 aliphatic carbocycles. The van der Waals surface area contributed by atoms with Gasteiger partial charge in [-0.25, -0.2) is 4.98 Å². The van der Waals surface area contributed by atoms with E-state index < -0.39 is 5.60 Å². The molecule has 1 saturated carbocycles. The van der Waals surface area contributed by atoms with Gasteiger partial charge in [0.05, 0.1) is 12.9 Å². The zero-order chi connectivity index (χ0) is 13.8. The van der Waals surface area contributed by atoms with E-state index in [-0.39, 0.29) is 0 Å². The van der Waals surface area contributed by atoms with Crippen molar-refractivity contribution in [1.29, 1.82) is 0 Å². The van der Waals surface area contributed by atoms with Crippen LogP contribution in [0.15, 0.2) is 43.2 Å². The lowest BCUT2D eigenvalue weighted by Crippen LogP contribution is -2.40. The van der Waals surface area contributed by atoms with Crippen molar-refractivity contribution < 1.29 is 5.11 Å². The van der Waals surface area contributed by atoms with Gasteiger partial charge in [-0.05, 0) is 24.8 Å². The summed E-state index contributed by atoms with van der Waals surface area (Å²) in [6.07, 6.45) is 14.8. The van der Waals surface area contributed by atoms with Crippen molar-refractivity contribution in [2.24, 2.45) is 5.92 Å². The molecule has 0 saturated heterocycles. The summed E-state index contributed by atoms with van der Waals surface area (Å²) in [5, 5.41) is 11.4. The molecule has 2 aromatic heterocycles. The lowest BCUT2D eigenvalue weighted by molar-refractivity contribution is -0.0535. The van der Waals surface area contributed by atoms with E-state index in [9.17, 15) is 5.11 Å². The molecule has 20 heavy (non-hydrogen) atoms. The third-order valence-electron chi connectivity index (χ3n) is 4.42. The molecule has 0 aromatic carbocycles. The first-order valence-corrected chi connectivity index (χ1v) is 7.38. The third-order valence-corrected chi connectivity index (χ3v) is 4.42. The second-order valence-corrected chi connectivity index (χ2v) is 5.74. The van der Waals surface area contributed by atoms with Gasteiger partial charge in [0.25, 0.3) is 0 Å². The molecule has 0 spiro atoms. The smallest absolute Gasteiger partial charge is 0.112 e. The van der Waals surface area contributed by atoms with Crippen LogP contribution in [0, 0.1) is 5.92 Å². The van der Waals surface area contributed by atoms with Gasteiger partial charge in [0.1, 0.15) is 5.60 Å². The van der Waals surface area contributed by atoms with Crippen LogP contribution in [-0.2, 0) is 12.1 Å². The molecule has 0 radical (unpaired) electrons. The van der Waals surface area contributed by atoms with E-state index in [2.05, 4.69) is 9.97 Å². The normalized spacial score (nSPS) is 19.6. The molecule has 1 fully saturated rings.